The van der Waals surface area contributed by atoms with Gasteiger partial charge in [-0.05, 0) is 68.5 Å². The summed E-state index contributed by atoms with van der Waals surface area (Å²) in [6.07, 6.45) is 6.84. The Hall–Kier alpha value is -2.49. The minimum absolute atomic E-state index is 0.105. The van der Waals surface area contributed by atoms with Gasteiger partial charge in [0.05, 0.1) is 11.0 Å². The highest BCUT2D eigenvalue weighted by molar-refractivity contribution is 7.89. The molecule has 1 aliphatic carbocycles. The molecule has 2 unspecified atom stereocenters. The Bertz CT molecular complexity index is 918. The first-order valence-corrected chi connectivity index (χ1v) is 11.6. The van der Waals surface area contributed by atoms with Crippen molar-refractivity contribution in [3.8, 4) is 0 Å². The van der Waals surface area contributed by atoms with Gasteiger partial charge in [0, 0.05) is 37.3 Å². The molecule has 2 aromatic rings. The number of pyridine rings is 1. The van der Waals surface area contributed by atoms with Gasteiger partial charge in [-0.15, -0.1) is 0 Å². The van der Waals surface area contributed by atoms with E-state index in [1.165, 1.54) is 12.1 Å². The second-order valence-electron chi connectivity index (χ2n) is 7.26. The molecule has 9 heteroatoms. The number of carbonyl (C=O) groups is 1. The van der Waals surface area contributed by atoms with Gasteiger partial charge in [-0.2, -0.15) is 0 Å². The van der Waals surface area contributed by atoms with Crippen molar-refractivity contribution in [2.45, 2.75) is 56.2 Å². The van der Waals surface area contributed by atoms with E-state index < -0.39 is 10.0 Å². The average Bonchev–Trinajstić information content (AvgIpc) is 2.74. The molecule has 0 spiro atoms. The number of sulfonamides is 1. The van der Waals surface area contributed by atoms with Gasteiger partial charge in [0.25, 0.3) is 0 Å². The molecular weight excluding hydrogens is 404 g/mol. The van der Waals surface area contributed by atoms with Gasteiger partial charge < -0.3 is 15.4 Å². The number of rotatable bonds is 8. The van der Waals surface area contributed by atoms with Crippen LogP contribution in [0.1, 0.15) is 38.2 Å². The molecule has 162 valence electrons. The van der Waals surface area contributed by atoms with Crippen LogP contribution in [0.2, 0.25) is 0 Å². The third kappa shape index (κ3) is 6.51. The van der Waals surface area contributed by atoms with Gasteiger partial charge in [0.1, 0.15) is 0 Å². The number of hydrogen-bond donors (Lipinski definition) is 3. The summed E-state index contributed by atoms with van der Waals surface area (Å²) in [5, 5.41) is 5.42. The van der Waals surface area contributed by atoms with E-state index in [4.69, 9.17) is 4.74 Å². The maximum atomic E-state index is 12.7. The van der Waals surface area contributed by atoms with Crippen molar-refractivity contribution >= 4 is 21.7 Å². The normalized spacial score (nSPS) is 19.2. The Kier molecular flexibility index (Phi) is 7.78. The highest BCUT2D eigenvalue weighted by atomic mass is 32.2. The number of nitrogens with zero attached hydrogens (tertiary/aromatic N) is 1. The van der Waals surface area contributed by atoms with E-state index in [-0.39, 0.29) is 23.1 Å². The van der Waals surface area contributed by atoms with Crippen LogP contribution in [-0.2, 0) is 21.3 Å². The maximum Gasteiger partial charge on any atom is 0.319 e. The van der Waals surface area contributed by atoms with E-state index in [0.29, 0.717) is 25.3 Å². The van der Waals surface area contributed by atoms with Crippen LogP contribution in [0.25, 0.3) is 0 Å². The zero-order valence-corrected chi connectivity index (χ0v) is 17.8. The number of aromatic nitrogens is 1. The van der Waals surface area contributed by atoms with Crippen LogP contribution in [0.3, 0.4) is 0 Å². The molecule has 1 saturated carbocycles. The topological polar surface area (TPSA) is 109 Å². The van der Waals surface area contributed by atoms with Crippen molar-refractivity contribution < 1.29 is 17.9 Å². The summed E-state index contributed by atoms with van der Waals surface area (Å²) in [5.41, 5.74) is 1.39. The van der Waals surface area contributed by atoms with Crippen LogP contribution >= 0.6 is 0 Å². The van der Waals surface area contributed by atoms with Gasteiger partial charge in [-0.25, -0.2) is 17.9 Å². The lowest BCUT2D eigenvalue weighted by Gasteiger charge is -2.29. The molecule has 1 aliphatic rings. The molecule has 2 amide bonds. The van der Waals surface area contributed by atoms with Crippen molar-refractivity contribution in [2.24, 2.45) is 0 Å². The van der Waals surface area contributed by atoms with E-state index in [2.05, 4.69) is 20.3 Å². The quantitative estimate of drug-likeness (QED) is 0.594. The number of anilines is 1. The average molecular weight is 433 g/mol. The van der Waals surface area contributed by atoms with Crippen molar-refractivity contribution in [3.05, 3.63) is 54.4 Å². The molecule has 0 radical (unpaired) electrons. The van der Waals surface area contributed by atoms with Crippen LogP contribution in [0.5, 0.6) is 0 Å². The SMILES string of the molecule is CCOC1CCCC(NS(=O)(=O)c2ccc(NC(=O)NCc3cccnc3)cc2)C1. The number of urea groups is 1. The van der Waals surface area contributed by atoms with E-state index in [1.807, 2.05) is 13.0 Å². The molecule has 2 atom stereocenters. The summed E-state index contributed by atoms with van der Waals surface area (Å²) in [5.74, 6) is 0. The molecule has 3 rings (SSSR count). The maximum absolute atomic E-state index is 12.7. The highest BCUT2D eigenvalue weighted by Gasteiger charge is 2.26. The van der Waals surface area contributed by atoms with E-state index in [9.17, 15) is 13.2 Å². The zero-order valence-electron chi connectivity index (χ0n) is 17.0. The first kappa shape index (κ1) is 22.2. The Balaban J connectivity index is 1.53. The number of ether oxygens (including phenoxy) is 1. The van der Waals surface area contributed by atoms with E-state index >= 15 is 0 Å². The molecule has 3 N–H and O–H groups in total. The molecule has 1 fully saturated rings. The van der Waals surface area contributed by atoms with Gasteiger partial charge in [-0.1, -0.05) is 6.07 Å². The predicted octanol–water partition coefficient (Wildman–Crippen LogP) is 3.03. The summed E-state index contributed by atoms with van der Waals surface area (Å²) in [7, 11) is -3.63. The van der Waals surface area contributed by atoms with Gasteiger partial charge in [0.2, 0.25) is 10.0 Å². The van der Waals surface area contributed by atoms with Crippen LogP contribution in [-0.4, -0.2) is 38.2 Å². The number of amides is 2. The summed E-state index contributed by atoms with van der Waals surface area (Å²) >= 11 is 0. The Morgan fingerprint density at radius 2 is 2.00 bits per heavy atom. The molecule has 0 bridgehead atoms. The Morgan fingerprint density at radius 1 is 1.20 bits per heavy atom. The third-order valence-electron chi connectivity index (χ3n) is 4.95. The van der Waals surface area contributed by atoms with Crippen molar-refractivity contribution in [1.82, 2.24) is 15.0 Å². The van der Waals surface area contributed by atoms with Crippen molar-refractivity contribution in [2.75, 3.05) is 11.9 Å². The first-order chi connectivity index (χ1) is 14.5. The van der Waals surface area contributed by atoms with Crippen LogP contribution < -0.4 is 15.4 Å². The molecule has 1 heterocycles. The summed E-state index contributed by atoms with van der Waals surface area (Å²) in [6, 6.07) is 9.27. The monoisotopic (exact) mass is 432 g/mol. The van der Waals surface area contributed by atoms with Gasteiger partial charge in [-0.3, -0.25) is 4.98 Å². The van der Waals surface area contributed by atoms with Crippen molar-refractivity contribution in [1.29, 1.82) is 0 Å². The number of benzene rings is 1. The zero-order chi connectivity index (χ0) is 21.4. The van der Waals surface area contributed by atoms with Gasteiger partial charge >= 0.3 is 6.03 Å². The summed E-state index contributed by atoms with van der Waals surface area (Å²) in [6.45, 7) is 2.93. The lowest BCUT2D eigenvalue weighted by atomic mass is 9.93. The first-order valence-electron chi connectivity index (χ1n) is 10.1. The lowest BCUT2D eigenvalue weighted by molar-refractivity contribution is 0.0299. The molecule has 0 aliphatic heterocycles. The molecule has 1 aromatic heterocycles. The molecular formula is C21H28N4O4S. The summed E-state index contributed by atoms with van der Waals surface area (Å²) in [4.78, 5) is 16.2. The number of carbonyl (C=O) groups excluding carboxylic acids is 1. The largest absolute Gasteiger partial charge is 0.378 e. The fourth-order valence-electron chi connectivity index (χ4n) is 3.50. The fourth-order valence-corrected chi connectivity index (χ4v) is 4.79. The predicted molar refractivity (Wildman–Crippen MR) is 115 cm³/mol. The van der Waals surface area contributed by atoms with E-state index in [0.717, 1.165) is 24.8 Å². The summed E-state index contributed by atoms with van der Waals surface area (Å²) < 4.78 is 33.8. The standard InChI is InChI=1S/C21H28N4O4S/c1-2-29-19-7-3-6-18(13-19)25-30(27,28)20-10-8-17(9-11-20)24-21(26)23-15-16-5-4-12-22-14-16/h4-5,8-12,14,18-19,25H,2-3,6-7,13,15H2,1H3,(H2,23,24,26). The Morgan fingerprint density at radius 3 is 2.70 bits per heavy atom. The highest BCUT2D eigenvalue weighted by Crippen LogP contribution is 2.23. The minimum atomic E-state index is -3.63. The molecule has 1 aromatic carbocycles. The van der Waals surface area contributed by atoms with Crippen LogP contribution in [0.15, 0.2) is 53.7 Å². The minimum Gasteiger partial charge on any atom is -0.378 e. The van der Waals surface area contributed by atoms with Gasteiger partial charge in [0.15, 0.2) is 0 Å². The van der Waals surface area contributed by atoms with Crippen LogP contribution in [0.4, 0.5) is 10.5 Å². The van der Waals surface area contributed by atoms with E-state index in [1.54, 1.807) is 30.6 Å². The molecule has 8 nitrogen and oxygen atoms in total. The molecule has 0 saturated heterocycles. The second-order valence-corrected chi connectivity index (χ2v) is 8.97. The van der Waals surface area contributed by atoms with Crippen molar-refractivity contribution in [3.63, 3.8) is 0 Å². The van der Waals surface area contributed by atoms with Crippen LogP contribution in [0, 0.1) is 0 Å². The lowest BCUT2D eigenvalue weighted by Crippen LogP contribution is -2.40. The second kappa shape index (κ2) is 10.5. The fraction of sp³-hybridized carbons (Fsp3) is 0.429. The number of nitrogens with one attached hydrogen (secondary N) is 3. The number of hydrogen-bond acceptors (Lipinski definition) is 5. The molecule has 30 heavy (non-hydrogen) atoms. The smallest absolute Gasteiger partial charge is 0.319 e. The Labute approximate surface area is 177 Å². The third-order valence-corrected chi connectivity index (χ3v) is 6.49.